The third-order valence-electron chi connectivity index (χ3n) is 7.39. The van der Waals surface area contributed by atoms with Gasteiger partial charge in [-0.15, -0.1) is 0 Å². The minimum atomic E-state index is -0.137. The van der Waals surface area contributed by atoms with Crippen LogP contribution in [0.25, 0.3) is 16.5 Å². The Kier molecular flexibility index (Phi) is 5.06. The quantitative estimate of drug-likeness (QED) is 0.357. The number of hydrogen-bond donors (Lipinski definition) is 1. The lowest BCUT2D eigenvalue weighted by molar-refractivity contribution is -0.116. The molecule has 0 radical (unpaired) electrons. The summed E-state index contributed by atoms with van der Waals surface area (Å²) in [7, 11) is 0. The van der Waals surface area contributed by atoms with Crippen molar-refractivity contribution >= 4 is 27.9 Å². The lowest BCUT2D eigenvalue weighted by atomic mass is 9.71. The highest BCUT2D eigenvalue weighted by Gasteiger charge is 2.38. The number of rotatable bonds is 3. The van der Waals surface area contributed by atoms with Gasteiger partial charge in [0, 0.05) is 34.8 Å². The summed E-state index contributed by atoms with van der Waals surface area (Å²) in [5, 5.41) is 4.84. The number of nitrogens with zero attached hydrogens (tertiary/aromatic N) is 1. The van der Waals surface area contributed by atoms with Crippen LogP contribution in [0.3, 0.4) is 0 Å². The molecule has 0 fully saturated rings. The molecule has 3 aromatic carbocycles. The van der Waals surface area contributed by atoms with Gasteiger partial charge in [0.15, 0.2) is 5.78 Å². The highest BCUT2D eigenvalue weighted by Crippen LogP contribution is 2.50. The molecule has 1 aliphatic carbocycles. The van der Waals surface area contributed by atoms with Crippen molar-refractivity contribution in [3.8, 4) is 0 Å². The number of ketones is 1. The van der Waals surface area contributed by atoms with Gasteiger partial charge in [-0.3, -0.25) is 9.78 Å². The molecule has 6 rings (SSSR count). The van der Waals surface area contributed by atoms with Gasteiger partial charge in [-0.1, -0.05) is 74.5 Å². The van der Waals surface area contributed by atoms with Crippen molar-refractivity contribution in [2.75, 3.05) is 5.32 Å². The van der Waals surface area contributed by atoms with Gasteiger partial charge in [0.1, 0.15) is 0 Å². The van der Waals surface area contributed by atoms with Gasteiger partial charge in [-0.25, -0.2) is 0 Å². The zero-order chi connectivity index (χ0) is 23.2. The minimum absolute atomic E-state index is 0.137. The Balaban J connectivity index is 1.54. The van der Waals surface area contributed by atoms with Crippen LogP contribution in [0.2, 0.25) is 0 Å². The molecular weight excluding hydrogens is 416 g/mol. The Morgan fingerprint density at radius 3 is 2.41 bits per heavy atom. The molecule has 0 saturated carbocycles. The van der Waals surface area contributed by atoms with Crippen LogP contribution >= 0.6 is 0 Å². The van der Waals surface area contributed by atoms with E-state index in [-0.39, 0.29) is 17.7 Å². The zero-order valence-electron chi connectivity index (χ0n) is 19.6. The molecule has 1 N–H and O–H groups in total. The van der Waals surface area contributed by atoms with Crippen LogP contribution in [0.1, 0.15) is 66.8 Å². The van der Waals surface area contributed by atoms with Crippen LogP contribution in [-0.2, 0) is 4.79 Å². The van der Waals surface area contributed by atoms with E-state index in [4.69, 9.17) is 0 Å². The maximum Gasteiger partial charge on any atom is 0.162 e. The van der Waals surface area contributed by atoms with Crippen molar-refractivity contribution in [3.63, 3.8) is 0 Å². The first kappa shape index (κ1) is 20.9. The smallest absolute Gasteiger partial charge is 0.162 e. The summed E-state index contributed by atoms with van der Waals surface area (Å²) in [6.07, 6.45) is 3.23. The van der Waals surface area contributed by atoms with Crippen LogP contribution in [0.5, 0.6) is 0 Å². The molecule has 0 spiro atoms. The molecule has 0 bridgehead atoms. The fraction of sp³-hybridized carbons (Fsp3) is 0.226. The normalized spacial score (nSPS) is 19.7. The number of pyridine rings is 1. The van der Waals surface area contributed by atoms with E-state index in [1.165, 1.54) is 16.7 Å². The topological polar surface area (TPSA) is 42.0 Å². The fourth-order valence-corrected chi connectivity index (χ4v) is 5.61. The molecule has 0 unspecified atom stereocenters. The van der Waals surface area contributed by atoms with Crippen molar-refractivity contribution < 1.29 is 4.79 Å². The first-order valence-corrected chi connectivity index (χ1v) is 12.2. The van der Waals surface area contributed by atoms with Gasteiger partial charge in [0.05, 0.1) is 11.6 Å². The highest BCUT2D eigenvalue weighted by molar-refractivity contribution is 6.12. The van der Waals surface area contributed by atoms with Gasteiger partial charge in [-0.2, -0.15) is 0 Å². The van der Waals surface area contributed by atoms with Crippen molar-refractivity contribution in [1.29, 1.82) is 0 Å². The van der Waals surface area contributed by atoms with E-state index in [1.807, 2.05) is 18.3 Å². The SMILES string of the molecule is CC(C)c1ccc([C@H]2Nc3ccc4ncccc4c3C3=C2C(=O)C[C@@H](c2ccccc2)C3)cc1. The second-order valence-corrected chi connectivity index (χ2v) is 9.79. The van der Waals surface area contributed by atoms with Gasteiger partial charge in [0.25, 0.3) is 0 Å². The number of nitrogens with one attached hydrogen (secondary N) is 1. The number of benzene rings is 3. The maximum atomic E-state index is 13.8. The number of fused-ring (bicyclic) bond motifs is 4. The first-order chi connectivity index (χ1) is 16.6. The van der Waals surface area contributed by atoms with Crippen LogP contribution in [0.4, 0.5) is 5.69 Å². The van der Waals surface area contributed by atoms with E-state index in [0.29, 0.717) is 12.3 Å². The Labute approximate surface area is 200 Å². The fourth-order valence-electron chi connectivity index (χ4n) is 5.61. The summed E-state index contributed by atoms with van der Waals surface area (Å²) in [5.74, 6) is 0.909. The number of Topliss-reactive ketones (excluding diaryl/α,β-unsaturated/α-hetero) is 1. The summed E-state index contributed by atoms with van der Waals surface area (Å²) in [5.41, 5.74) is 8.97. The van der Waals surface area contributed by atoms with Gasteiger partial charge in [0.2, 0.25) is 0 Å². The lowest BCUT2D eigenvalue weighted by Gasteiger charge is -2.37. The number of carbonyl (C=O) groups is 1. The molecule has 4 aromatic rings. The summed E-state index contributed by atoms with van der Waals surface area (Å²) in [6, 6.07) is 27.4. The van der Waals surface area contributed by atoms with Crippen molar-refractivity contribution in [2.24, 2.45) is 0 Å². The van der Waals surface area contributed by atoms with Crippen molar-refractivity contribution in [3.05, 3.63) is 113 Å². The average molecular weight is 445 g/mol. The molecule has 3 heteroatoms. The molecule has 0 saturated heterocycles. The number of anilines is 1. The third-order valence-corrected chi connectivity index (χ3v) is 7.39. The summed E-state index contributed by atoms with van der Waals surface area (Å²) < 4.78 is 0. The molecule has 0 amide bonds. The highest BCUT2D eigenvalue weighted by atomic mass is 16.1. The van der Waals surface area contributed by atoms with E-state index in [1.54, 1.807) is 0 Å². The van der Waals surface area contributed by atoms with Gasteiger partial charge < -0.3 is 5.32 Å². The standard InChI is InChI=1S/C31H28N2O/c1-19(2)20-10-12-22(13-11-20)31-30-25(17-23(18-28(30)34)21-7-4-3-5-8-21)29-24-9-6-16-32-26(24)14-15-27(29)33-31/h3-16,19,23,31,33H,17-18H2,1-2H3/t23-,31+/m0/s1. The average Bonchev–Trinajstić information content (AvgIpc) is 2.88. The van der Waals surface area contributed by atoms with Crippen LogP contribution in [-0.4, -0.2) is 10.8 Å². The molecule has 2 aliphatic rings. The second kappa shape index (κ2) is 8.25. The Morgan fingerprint density at radius 1 is 0.853 bits per heavy atom. The Hall–Kier alpha value is -3.72. The second-order valence-electron chi connectivity index (χ2n) is 9.79. The molecular formula is C31H28N2O. The van der Waals surface area contributed by atoms with Gasteiger partial charge >= 0.3 is 0 Å². The van der Waals surface area contributed by atoms with Crippen molar-refractivity contribution in [1.82, 2.24) is 4.98 Å². The Bertz CT molecular complexity index is 1420. The number of aromatic nitrogens is 1. The van der Waals surface area contributed by atoms with E-state index < -0.39 is 0 Å². The van der Waals surface area contributed by atoms with E-state index in [0.717, 1.165) is 39.7 Å². The molecule has 34 heavy (non-hydrogen) atoms. The third kappa shape index (κ3) is 3.43. The number of carbonyl (C=O) groups excluding carboxylic acids is 1. The first-order valence-electron chi connectivity index (χ1n) is 12.2. The summed E-state index contributed by atoms with van der Waals surface area (Å²) in [6.45, 7) is 4.41. The largest absolute Gasteiger partial charge is 0.373 e. The van der Waals surface area contributed by atoms with E-state index >= 15 is 0 Å². The van der Waals surface area contributed by atoms with E-state index in [2.05, 4.69) is 90.9 Å². The summed E-state index contributed by atoms with van der Waals surface area (Å²) >= 11 is 0. The molecule has 1 aromatic heterocycles. The predicted molar refractivity (Wildman–Crippen MR) is 139 cm³/mol. The predicted octanol–water partition coefficient (Wildman–Crippen LogP) is 7.43. The van der Waals surface area contributed by atoms with Gasteiger partial charge in [-0.05, 0) is 58.7 Å². The van der Waals surface area contributed by atoms with Crippen LogP contribution < -0.4 is 5.32 Å². The molecule has 2 atom stereocenters. The molecule has 168 valence electrons. The Morgan fingerprint density at radius 2 is 1.65 bits per heavy atom. The maximum absolute atomic E-state index is 13.8. The summed E-state index contributed by atoms with van der Waals surface area (Å²) in [4.78, 5) is 18.4. The number of hydrogen-bond acceptors (Lipinski definition) is 3. The van der Waals surface area contributed by atoms with E-state index in [9.17, 15) is 4.79 Å². The number of allylic oxidation sites excluding steroid dienone is 1. The minimum Gasteiger partial charge on any atom is -0.373 e. The molecule has 3 nitrogen and oxygen atoms in total. The van der Waals surface area contributed by atoms with Crippen molar-refractivity contribution in [2.45, 2.75) is 44.6 Å². The zero-order valence-corrected chi connectivity index (χ0v) is 19.6. The molecule has 1 aliphatic heterocycles. The van der Waals surface area contributed by atoms with Crippen LogP contribution in [0.15, 0.2) is 90.6 Å². The molecule has 2 heterocycles. The van der Waals surface area contributed by atoms with Crippen LogP contribution in [0, 0.1) is 0 Å². The lowest BCUT2D eigenvalue weighted by Crippen LogP contribution is -2.29. The monoisotopic (exact) mass is 444 g/mol.